The van der Waals surface area contributed by atoms with Crippen LogP contribution in [0.5, 0.6) is 0 Å². The lowest BCUT2D eigenvalue weighted by atomic mass is 9.98. The minimum atomic E-state index is -0.629. The van der Waals surface area contributed by atoms with Crippen molar-refractivity contribution in [3.8, 4) is 0 Å². The van der Waals surface area contributed by atoms with Crippen molar-refractivity contribution in [1.29, 1.82) is 0 Å². The highest BCUT2D eigenvalue weighted by molar-refractivity contribution is 9.10. The second-order valence-electron chi connectivity index (χ2n) is 7.14. The Bertz CT molecular complexity index is 1360. The molecule has 0 bridgehead atoms. The number of carbonyl (C=O) groups excluding carboxylic acids is 1. The number of fused-ring (bicyclic) bond motifs is 2. The van der Waals surface area contributed by atoms with Gasteiger partial charge >= 0.3 is 0 Å². The van der Waals surface area contributed by atoms with Crippen molar-refractivity contribution >= 4 is 54.6 Å². The topological polar surface area (TPSA) is 63.4 Å². The van der Waals surface area contributed by atoms with Crippen molar-refractivity contribution in [2.75, 3.05) is 4.90 Å². The molecule has 1 aliphatic heterocycles. The van der Waals surface area contributed by atoms with E-state index in [1.807, 2.05) is 37.3 Å². The van der Waals surface area contributed by atoms with Crippen molar-refractivity contribution in [2.45, 2.75) is 13.0 Å². The molecule has 0 fully saturated rings. The number of hydrogen-bond donors (Lipinski definition) is 0. The Balaban J connectivity index is 1.81. The lowest BCUT2D eigenvalue weighted by Crippen LogP contribution is -2.30. The maximum absolute atomic E-state index is 13.5. The average molecular weight is 526 g/mol. The Morgan fingerprint density at radius 3 is 2.40 bits per heavy atom. The van der Waals surface area contributed by atoms with Gasteiger partial charge in [-0.2, -0.15) is 0 Å². The smallest absolute Gasteiger partial charge is 0.296 e. The first-order chi connectivity index (χ1) is 14.4. The van der Waals surface area contributed by atoms with E-state index in [9.17, 15) is 9.59 Å². The van der Waals surface area contributed by atoms with Crippen molar-refractivity contribution < 1.29 is 9.21 Å². The molecule has 4 aromatic rings. The van der Waals surface area contributed by atoms with E-state index < -0.39 is 6.04 Å². The van der Waals surface area contributed by atoms with E-state index in [-0.39, 0.29) is 17.1 Å². The van der Waals surface area contributed by atoms with E-state index in [2.05, 4.69) is 36.8 Å². The number of aryl methyl sites for hydroxylation is 1. The number of pyridine rings is 1. The second kappa shape index (κ2) is 7.18. The number of halogens is 2. The summed E-state index contributed by atoms with van der Waals surface area (Å²) in [6, 6.07) is 15.8. The van der Waals surface area contributed by atoms with Gasteiger partial charge in [0.05, 0.1) is 17.0 Å². The van der Waals surface area contributed by atoms with Crippen molar-refractivity contribution in [3.63, 3.8) is 0 Å². The molecular formula is C23H14Br2N2O3. The van der Waals surface area contributed by atoms with Gasteiger partial charge in [-0.15, -0.1) is 0 Å². The summed E-state index contributed by atoms with van der Waals surface area (Å²) in [5.41, 5.74) is 2.27. The van der Waals surface area contributed by atoms with Crippen LogP contribution in [0.15, 0.2) is 79.0 Å². The number of nitrogens with zero attached hydrogens (tertiary/aromatic N) is 2. The molecule has 7 heteroatoms. The molecule has 0 saturated heterocycles. The normalized spacial score (nSPS) is 15.6. The molecule has 1 atom stereocenters. The van der Waals surface area contributed by atoms with E-state index in [1.54, 1.807) is 30.5 Å². The van der Waals surface area contributed by atoms with Crippen LogP contribution in [0.25, 0.3) is 11.0 Å². The first-order valence-corrected chi connectivity index (χ1v) is 10.8. The zero-order valence-electron chi connectivity index (χ0n) is 15.7. The average Bonchev–Trinajstić information content (AvgIpc) is 3.03. The number of aromatic nitrogens is 1. The summed E-state index contributed by atoms with van der Waals surface area (Å²) in [4.78, 5) is 32.9. The Morgan fingerprint density at radius 1 is 0.967 bits per heavy atom. The highest BCUT2D eigenvalue weighted by Gasteiger charge is 2.44. The fraction of sp³-hybridized carbons (Fsp3) is 0.0870. The fourth-order valence-electron chi connectivity index (χ4n) is 3.74. The van der Waals surface area contributed by atoms with Crippen molar-refractivity contribution in [1.82, 2.24) is 4.98 Å². The molecule has 0 spiro atoms. The zero-order chi connectivity index (χ0) is 21.0. The molecule has 2 aromatic carbocycles. The third-order valence-corrected chi connectivity index (χ3v) is 6.18. The van der Waals surface area contributed by atoms with Crippen molar-refractivity contribution in [2.24, 2.45) is 0 Å². The number of benzene rings is 2. The van der Waals surface area contributed by atoms with Gasteiger partial charge in [0, 0.05) is 15.1 Å². The second-order valence-corrected chi connectivity index (χ2v) is 8.97. The lowest BCUT2D eigenvalue weighted by molar-refractivity contribution is 0.0970. The summed E-state index contributed by atoms with van der Waals surface area (Å²) in [5.74, 6) is 0.149. The quantitative estimate of drug-likeness (QED) is 0.333. The third kappa shape index (κ3) is 3.00. The number of amides is 1. The van der Waals surface area contributed by atoms with E-state index in [1.165, 1.54) is 4.90 Å². The molecule has 3 heterocycles. The van der Waals surface area contributed by atoms with Gasteiger partial charge in [-0.05, 0) is 54.4 Å². The van der Waals surface area contributed by atoms with E-state index in [0.717, 1.165) is 20.1 Å². The van der Waals surface area contributed by atoms with Gasteiger partial charge in [0.25, 0.3) is 5.91 Å². The Morgan fingerprint density at radius 2 is 1.70 bits per heavy atom. The minimum Gasteiger partial charge on any atom is -0.450 e. The molecule has 148 valence electrons. The summed E-state index contributed by atoms with van der Waals surface area (Å²) in [5, 5.41) is 0.428. The van der Waals surface area contributed by atoms with Crippen LogP contribution in [0.3, 0.4) is 0 Å². The fourth-order valence-corrected chi connectivity index (χ4v) is 4.37. The van der Waals surface area contributed by atoms with E-state index in [4.69, 9.17) is 4.42 Å². The number of anilines is 1. The lowest BCUT2D eigenvalue weighted by Gasteiger charge is -2.24. The zero-order valence-corrected chi connectivity index (χ0v) is 18.9. The first kappa shape index (κ1) is 19.2. The van der Waals surface area contributed by atoms with Crippen LogP contribution >= 0.6 is 31.9 Å². The number of carbonyl (C=O) groups is 1. The monoisotopic (exact) mass is 524 g/mol. The van der Waals surface area contributed by atoms with Gasteiger partial charge in [-0.25, -0.2) is 4.98 Å². The Hall–Kier alpha value is -2.77. The third-order valence-electron chi connectivity index (χ3n) is 5.16. The van der Waals surface area contributed by atoms with Crippen LogP contribution in [0.2, 0.25) is 0 Å². The van der Waals surface area contributed by atoms with Gasteiger partial charge in [0.2, 0.25) is 5.76 Å². The maximum atomic E-state index is 13.5. The molecule has 5 nitrogen and oxygen atoms in total. The predicted octanol–water partition coefficient (Wildman–Crippen LogP) is 5.77. The summed E-state index contributed by atoms with van der Waals surface area (Å²) in [7, 11) is 0. The number of rotatable bonds is 2. The van der Waals surface area contributed by atoms with Crippen LogP contribution in [0, 0.1) is 6.92 Å². The van der Waals surface area contributed by atoms with E-state index in [0.29, 0.717) is 22.4 Å². The minimum absolute atomic E-state index is 0.0603. The van der Waals surface area contributed by atoms with Gasteiger partial charge < -0.3 is 4.42 Å². The van der Waals surface area contributed by atoms with Crippen LogP contribution in [0.1, 0.15) is 33.3 Å². The Kier molecular flexibility index (Phi) is 4.60. The van der Waals surface area contributed by atoms with Crippen LogP contribution in [-0.4, -0.2) is 10.9 Å². The van der Waals surface area contributed by atoms with Crippen molar-refractivity contribution in [3.05, 3.63) is 102 Å². The molecule has 0 aliphatic carbocycles. The predicted molar refractivity (Wildman–Crippen MR) is 122 cm³/mol. The maximum Gasteiger partial charge on any atom is 0.296 e. The molecule has 0 N–H and O–H groups in total. The summed E-state index contributed by atoms with van der Waals surface area (Å²) in [6.07, 6.45) is 1.70. The van der Waals surface area contributed by atoms with Gasteiger partial charge in [-0.3, -0.25) is 14.5 Å². The van der Waals surface area contributed by atoms with Gasteiger partial charge in [-0.1, -0.05) is 50.1 Å². The highest BCUT2D eigenvalue weighted by atomic mass is 79.9. The molecule has 0 saturated carbocycles. The first-order valence-electron chi connectivity index (χ1n) is 9.22. The standard InChI is InChI=1S/C23H14Br2N2O3/c1-12-2-9-18(26-11-12)27-20(13-3-5-14(24)6-4-13)19-21(28)16-10-15(25)7-8-17(16)30-22(19)23(27)29/h2-11,20H,1H3. The highest BCUT2D eigenvalue weighted by Crippen LogP contribution is 2.40. The summed E-state index contributed by atoms with van der Waals surface area (Å²) in [6.45, 7) is 1.93. The summed E-state index contributed by atoms with van der Waals surface area (Å²) >= 11 is 6.85. The van der Waals surface area contributed by atoms with Gasteiger partial charge in [0.1, 0.15) is 11.4 Å². The number of hydrogen-bond acceptors (Lipinski definition) is 4. The largest absolute Gasteiger partial charge is 0.450 e. The summed E-state index contributed by atoms with van der Waals surface area (Å²) < 4.78 is 7.63. The van der Waals surface area contributed by atoms with Crippen LogP contribution < -0.4 is 10.3 Å². The molecule has 30 heavy (non-hydrogen) atoms. The SMILES string of the molecule is Cc1ccc(N2C(=O)c3oc4ccc(Br)cc4c(=O)c3C2c2ccc(Br)cc2)nc1. The Labute approximate surface area is 188 Å². The molecule has 1 aliphatic rings. The molecule has 0 radical (unpaired) electrons. The molecule has 1 unspecified atom stereocenters. The van der Waals surface area contributed by atoms with E-state index >= 15 is 0 Å². The van der Waals surface area contributed by atoms with Crippen LogP contribution in [0.4, 0.5) is 5.82 Å². The molecule has 1 amide bonds. The van der Waals surface area contributed by atoms with Crippen LogP contribution in [-0.2, 0) is 0 Å². The molecule has 2 aromatic heterocycles. The van der Waals surface area contributed by atoms with Gasteiger partial charge in [0.15, 0.2) is 5.43 Å². The molecular weight excluding hydrogens is 512 g/mol. The molecule has 5 rings (SSSR count).